The summed E-state index contributed by atoms with van der Waals surface area (Å²) in [4.78, 5) is 14.0. The number of rotatable bonds is 2. The molecule has 1 heterocycles. The van der Waals surface area contributed by atoms with Gasteiger partial charge in [-0.2, -0.15) is 0 Å². The van der Waals surface area contributed by atoms with Crippen LogP contribution < -0.4 is 0 Å². The van der Waals surface area contributed by atoms with Crippen molar-refractivity contribution in [2.45, 2.75) is 38.6 Å². The van der Waals surface area contributed by atoms with Gasteiger partial charge >= 0.3 is 0 Å². The molecule has 1 fully saturated rings. The molecule has 6 heteroatoms. The second-order valence-corrected chi connectivity index (χ2v) is 6.16. The summed E-state index contributed by atoms with van der Waals surface area (Å²) < 4.78 is 0.318. The van der Waals surface area contributed by atoms with Gasteiger partial charge in [0.1, 0.15) is 0 Å². The van der Waals surface area contributed by atoms with E-state index in [9.17, 15) is 4.79 Å². The summed E-state index contributed by atoms with van der Waals surface area (Å²) in [6, 6.07) is 0.318. The zero-order valence-corrected chi connectivity index (χ0v) is 11.6. The van der Waals surface area contributed by atoms with Crippen molar-refractivity contribution in [2.75, 3.05) is 7.05 Å². The summed E-state index contributed by atoms with van der Waals surface area (Å²) >= 11 is 6.84. The molecule has 0 bridgehead atoms. The number of carbonyl (C=O) groups is 1. The molecule has 1 aromatic heterocycles. The highest BCUT2D eigenvalue weighted by molar-refractivity contribution is 7.17. The van der Waals surface area contributed by atoms with Gasteiger partial charge in [-0.1, -0.05) is 31.1 Å². The van der Waals surface area contributed by atoms with Crippen LogP contribution in [0, 0.1) is 5.92 Å². The van der Waals surface area contributed by atoms with Crippen molar-refractivity contribution in [2.24, 2.45) is 5.92 Å². The fraction of sp³-hybridized carbons (Fsp3) is 0.727. The molecule has 2 rings (SSSR count). The summed E-state index contributed by atoms with van der Waals surface area (Å²) in [5.74, 6) is 0.495. The maximum atomic E-state index is 12.2. The zero-order chi connectivity index (χ0) is 12.4. The van der Waals surface area contributed by atoms with E-state index in [0.717, 1.165) is 17.8 Å². The van der Waals surface area contributed by atoms with Crippen LogP contribution in [-0.2, 0) is 0 Å². The second-order valence-electron chi connectivity index (χ2n) is 4.61. The predicted octanol–water partition coefficient (Wildman–Crippen LogP) is 2.84. The van der Waals surface area contributed by atoms with Gasteiger partial charge in [0.2, 0.25) is 9.47 Å². The van der Waals surface area contributed by atoms with Crippen LogP contribution in [0.5, 0.6) is 0 Å². The molecule has 17 heavy (non-hydrogen) atoms. The quantitative estimate of drug-likeness (QED) is 0.832. The molecule has 0 aliphatic heterocycles. The van der Waals surface area contributed by atoms with Crippen molar-refractivity contribution in [3.63, 3.8) is 0 Å². The number of hydrogen-bond acceptors (Lipinski definition) is 4. The maximum absolute atomic E-state index is 12.2. The standard InChI is InChI=1S/C11H16ClN3OS/c1-7-5-3-4-6-8(7)15(2)10(16)9-13-14-11(12)17-9/h7-8H,3-6H2,1-2H3. The smallest absolute Gasteiger partial charge is 0.284 e. The first-order valence-electron chi connectivity index (χ1n) is 5.85. The average Bonchev–Trinajstić information content (AvgIpc) is 2.75. The van der Waals surface area contributed by atoms with Gasteiger partial charge in [0.15, 0.2) is 0 Å². The number of halogens is 1. The minimum absolute atomic E-state index is 0.0619. The molecule has 0 saturated heterocycles. The van der Waals surface area contributed by atoms with Gasteiger partial charge < -0.3 is 4.90 Å². The summed E-state index contributed by atoms with van der Waals surface area (Å²) in [7, 11) is 1.85. The lowest BCUT2D eigenvalue weighted by atomic mass is 9.85. The van der Waals surface area contributed by atoms with Gasteiger partial charge in [0, 0.05) is 13.1 Å². The Morgan fingerprint density at radius 1 is 1.41 bits per heavy atom. The molecular formula is C11H16ClN3OS. The Bertz CT molecular complexity index is 409. The lowest BCUT2D eigenvalue weighted by Crippen LogP contribution is -2.42. The first-order valence-corrected chi connectivity index (χ1v) is 7.05. The molecule has 94 valence electrons. The Hall–Kier alpha value is -0.680. The van der Waals surface area contributed by atoms with Crippen LogP contribution in [0.3, 0.4) is 0 Å². The van der Waals surface area contributed by atoms with Crippen LogP contribution in [0.2, 0.25) is 4.47 Å². The van der Waals surface area contributed by atoms with E-state index in [2.05, 4.69) is 17.1 Å². The molecule has 2 atom stereocenters. The Balaban J connectivity index is 2.08. The van der Waals surface area contributed by atoms with Crippen LogP contribution >= 0.6 is 22.9 Å². The van der Waals surface area contributed by atoms with E-state index >= 15 is 0 Å². The van der Waals surface area contributed by atoms with Gasteiger partial charge in [0.25, 0.3) is 5.91 Å². The topological polar surface area (TPSA) is 46.1 Å². The first-order chi connectivity index (χ1) is 8.09. The molecule has 1 aliphatic rings. The van der Waals surface area contributed by atoms with Gasteiger partial charge in [-0.15, -0.1) is 10.2 Å². The highest BCUT2D eigenvalue weighted by atomic mass is 35.5. The van der Waals surface area contributed by atoms with Crippen LogP contribution in [0.1, 0.15) is 42.4 Å². The monoisotopic (exact) mass is 273 g/mol. The van der Waals surface area contributed by atoms with Crippen LogP contribution in [0.4, 0.5) is 0 Å². The molecule has 0 spiro atoms. The lowest BCUT2D eigenvalue weighted by molar-refractivity contribution is 0.0628. The summed E-state index contributed by atoms with van der Waals surface area (Å²) in [6.45, 7) is 2.21. The van der Waals surface area contributed by atoms with Crippen molar-refractivity contribution >= 4 is 28.8 Å². The van der Waals surface area contributed by atoms with Crippen molar-refractivity contribution in [1.29, 1.82) is 0 Å². The minimum atomic E-state index is -0.0619. The molecule has 4 nitrogen and oxygen atoms in total. The van der Waals surface area contributed by atoms with E-state index in [4.69, 9.17) is 11.6 Å². The Kier molecular flexibility index (Phi) is 3.99. The molecule has 1 saturated carbocycles. The number of hydrogen-bond donors (Lipinski definition) is 0. The summed E-state index contributed by atoms with van der Waals surface area (Å²) in [5.41, 5.74) is 0. The van der Waals surface area contributed by atoms with E-state index in [1.807, 2.05) is 7.05 Å². The third kappa shape index (κ3) is 2.77. The zero-order valence-electron chi connectivity index (χ0n) is 10.0. The Labute approximate surface area is 110 Å². The van der Waals surface area contributed by atoms with E-state index in [0.29, 0.717) is 21.4 Å². The normalized spacial score (nSPS) is 24.6. The van der Waals surface area contributed by atoms with E-state index in [-0.39, 0.29) is 5.91 Å². The fourth-order valence-corrected chi connectivity index (χ4v) is 3.28. The van der Waals surface area contributed by atoms with Crippen LogP contribution in [-0.4, -0.2) is 34.1 Å². The largest absolute Gasteiger partial charge is 0.336 e. The molecular weight excluding hydrogens is 258 g/mol. The molecule has 0 aromatic carbocycles. The SMILES string of the molecule is CC1CCCCC1N(C)C(=O)c1nnc(Cl)s1. The van der Waals surface area contributed by atoms with E-state index in [1.54, 1.807) is 4.90 Å². The van der Waals surface area contributed by atoms with Crippen molar-refractivity contribution in [3.8, 4) is 0 Å². The first kappa shape index (κ1) is 12.8. The summed E-state index contributed by atoms with van der Waals surface area (Å²) in [5, 5.41) is 7.86. The molecule has 1 aliphatic carbocycles. The minimum Gasteiger partial charge on any atom is -0.336 e. The number of amides is 1. The molecule has 0 radical (unpaired) electrons. The number of aromatic nitrogens is 2. The molecule has 2 unspecified atom stereocenters. The number of nitrogens with zero attached hydrogens (tertiary/aromatic N) is 3. The van der Waals surface area contributed by atoms with Crippen molar-refractivity contribution < 1.29 is 4.79 Å². The van der Waals surface area contributed by atoms with E-state index in [1.165, 1.54) is 19.3 Å². The third-order valence-corrected chi connectivity index (χ3v) is 4.47. The summed E-state index contributed by atoms with van der Waals surface area (Å²) in [6.07, 6.45) is 4.74. The van der Waals surface area contributed by atoms with Gasteiger partial charge in [-0.25, -0.2) is 0 Å². The molecule has 0 N–H and O–H groups in total. The van der Waals surface area contributed by atoms with Crippen LogP contribution in [0.25, 0.3) is 0 Å². The number of carbonyl (C=O) groups excluding carboxylic acids is 1. The van der Waals surface area contributed by atoms with E-state index < -0.39 is 0 Å². The second kappa shape index (κ2) is 5.31. The van der Waals surface area contributed by atoms with Gasteiger partial charge in [0.05, 0.1) is 0 Å². The Morgan fingerprint density at radius 3 is 2.71 bits per heavy atom. The van der Waals surface area contributed by atoms with Gasteiger partial charge in [-0.05, 0) is 30.4 Å². The molecule has 1 amide bonds. The maximum Gasteiger partial charge on any atom is 0.284 e. The van der Waals surface area contributed by atoms with Crippen LogP contribution in [0.15, 0.2) is 0 Å². The van der Waals surface area contributed by atoms with Crippen molar-refractivity contribution in [3.05, 3.63) is 9.47 Å². The van der Waals surface area contributed by atoms with Crippen molar-refractivity contribution in [1.82, 2.24) is 15.1 Å². The lowest BCUT2D eigenvalue weighted by Gasteiger charge is -2.35. The molecule has 1 aromatic rings. The predicted molar refractivity (Wildman–Crippen MR) is 68.4 cm³/mol. The Morgan fingerprint density at radius 2 is 2.12 bits per heavy atom. The highest BCUT2D eigenvalue weighted by Crippen LogP contribution is 2.28. The fourth-order valence-electron chi connectivity index (χ4n) is 2.47. The van der Waals surface area contributed by atoms with Gasteiger partial charge in [-0.3, -0.25) is 4.79 Å². The average molecular weight is 274 g/mol. The highest BCUT2D eigenvalue weighted by Gasteiger charge is 2.29. The third-order valence-electron chi connectivity index (χ3n) is 3.47.